The minimum absolute atomic E-state index is 0. The number of hydrogen-bond donors (Lipinski definition) is 0. The van der Waals surface area contributed by atoms with E-state index in [-0.39, 0.29) is 12.4 Å². The number of halogens is 1. The molecule has 4 heteroatoms. The van der Waals surface area contributed by atoms with Crippen LogP contribution in [0.5, 0.6) is 0 Å². The van der Waals surface area contributed by atoms with Gasteiger partial charge in [0.1, 0.15) is 0 Å². The van der Waals surface area contributed by atoms with E-state index in [1.807, 2.05) is 6.92 Å². The van der Waals surface area contributed by atoms with Crippen molar-refractivity contribution in [3.63, 3.8) is 0 Å². The quantitative estimate of drug-likeness (QED) is 0.698. The van der Waals surface area contributed by atoms with Crippen LogP contribution in [0.15, 0.2) is 4.52 Å². The fourth-order valence-electron chi connectivity index (χ4n) is 2.60. The third-order valence-corrected chi connectivity index (χ3v) is 3.36. The highest BCUT2D eigenvalue weighted by Gasteiger charge is 2.61. The van der Waals surface area contributed by atoms with Gasteiger partial charge in [0, 0.05) is 0 Å². The van der Waals surface area contributed by atoms with Crippen molar-refractivity contribution in [2.75, 3.05) is 0 Å². The maximum Gasteiger partial charge on any atom is 0.233 e. The van der Waals surface area contributed by atoms with Crippen LogP contribution in [0.4, 0.5) is 0 Å². The summed E-state index contributed by atoms with van der Waals surface area (Å²) in [5, 5.41) is 3.85. The molecule has 2 unspecified atom stereocenters. The second-order valence-corrected chi connectivity index (χ2v) is 4.10. The molecule has 2 atom stereocenters. The lowest BCUT2D eigenvalue weighted by Gasteiger charge is -2.02. The van der Waals surface area contributed by atoms with E-state index in [2.05, 4.69) is 10.1 Å². The Balaban J connectivity index is 0.000000653. The first-order chi connectivity index (χ1) is 5.81. The lowest BCUT2D eigenvalue weighted by Crippen LogP contribution is -2.05. The molecule has 1 aromatic heterocycles. The zero-order valence-corrected chi connectivity index (χ0v) is 8.43. The molecule has 0 saturated heterocycles. The first-order valence-corrected chi connectivity index (χ1v) is 4.62. The summed E-state index contributed by atoms with van der Waals surface area (Å²) in [5.41, 5.74) is 0.335. The predicted octanol–water partition coefficient (Wildman–Crippen LogP) is 2.24. The van der Waals surface area contributed by atoms with Crippen molar-refractivity contribution in [2.24, 2.45) is 5.92 Å². The lowest BCUT2D eigenvalue weighted by atomic mass is 10.0. The third kappa shape index (κ3) is 1.10. The first-order valence-electron chi connectivity index (χ1n) is 4.62. The number of aromatic nitrogens is 2. The molecule has 0 bridgehead atoms. The van der Waals surface area contributed by atoms with Gasteiger partial charge < -0.3 is 4.52 Å². The highest BCUT2D eigenvalue weighted by Crippen LogP contribution is 2.63. The van der Waals surface area contributed by atoms with Gasteiger partial charge in [-0.05, 0) is 32.1 Å². The Morgan fingerprint density at radius 3 is 2.85 bits per heavy atom. The number of fused-ring (bicyclic) bond motifs is 1. The van der Waals surface area contributed by atoms with Crippen LogP contribution in [0.3, 0.4) is 0 Å². The summed E-state index contributed by atoms with van der Waals surface area (Å²) >= 11 is 0. The average molecular weight is 201 g/mol. The van der Waals surface area contributed by atoms with Crippen molar-refractivity contribution < 1.29 is 4.52 Å². The maximum atomic E-state index is 5.23. The van der Waals surface area contributed by atoms with Crippen LogP contribution in [0.1, 0.15) is 37.4 Å². The molecule has 0 radical (unpaired) electrons. The summed E-state index contributed by atoms with van der Waals surface area (Å²) in [5.74, 6) is 2.54. The SMILES string of the molecule is Cc1noc(C23CCCC2C3)n1.Cl. The topological polar surface area (TPSA) is 38.9 Å². The van der Waals surface area contributed by atoms with E-state index < -0.39 is 0 Å². The van der Waals surface area contributed by atoms with Crippen LogP contribution in [0, 0.1) is 12.8 Å². The monoisotopic (exact) mass is 200 g/mol. The van der Waals surface area contributed by atoms with Crippen LogP contribution in [0.25, 0.3) is 0 Å². The normalized spacial score (nSPS) is 35.3. The molecule has 0 aromatic carbocycles. The largest absolute Gasteiger partial charge is 0.339 e. The summed E-state index contributed by atoms with van der Waals surface area (Å²) < 4.78 is 5.23. The third-order valence-electron chi connectivity index (χ3n) is 3.36. The number of aryl methyl sites for hydroxylation is 1. The molecule has 2 saturated carbocycles. The van der Waals surface area contributed by atoms with Crippen LogP contribution >= 0.6 is 12.4 Å². The van der Waals surface area contributed by atoms with Gasteiger partial charge in [0.25, 0.3) is 0 Å². The molecule has 1 heterocycles. The molecule has 72 valence electrons. The maximum absolute atomic E-state index is 5.23. The van der Waals surface area contributed by atoms with Gasteiger partial charge in [-0.1, -0.05) is 11.6 Å². The van der Waals surface area contributed by atoms with Gasteiger partial charge in [0.05, 0.1) is 5.41 Å². The molecular weight excluding hydrogens is 188 g/mol. The van der Waals surface area contributed by atoms with E-state index in [1.54, 1.807) is 0 Å². The molecule has 2 fully saturated rings. The van der Waals surface area contributed by atoms with Crippen LogP contribution in [-0.4, -0.2) is 10.1 Å². The zero-order valence-electron chi connectivity index (χ0n) is 7.62. The molecule has 1 aromatic rings. The summed E-state index contributed by atoms with van der Waals surface area (Å²) in [6, 6.07) is 0. The van der Waals surface area contributed by atoms with Gasteiger partial charge in [0.2, 0.25) is 5.89 Å². The summed E-state index contributed by atoms with van der Waals surface area (Å²) in [6.45, 7) is 1.88. The molecule has 3 rings (SSSR count). The van der Waals surface area contributed by atoms with Gasteiger partial charge in [-0.3, -0.25) is 0 Å². The van der Waals surface area contributed by atoms with Gasteiger partial charge in [-0.2, -0.15) is 4.98 Å². The lowest BCUT2D eigenvalue weighted by molar-refractivity contribution is 0.338. The molecule has 0 N–H and O–H groups in total. The Morgan fingerprint density at radius 2 is 2.38 bits per heavy atom. The standard InChI is InChI=1S/C9H12N2O.ClH/c1-6-10-8(12-11-6)9-4-2-3-7(9)5-9;/h7H,2-5H2,1H3;1H. The van der Waals surface area contributed by atoms with E-state index in [4.69, 9.17) is 4.52 Å². The van der Waals surface area contributed by atoms with E-state index in [0.29, 0.717) is 5.41 Å². The van der Waals surface area contributed by atoms with Crippen molar-refractivity contribution in [1.82, 2.24) is 10.1 Å². The van der Waals surface area contributed by atoms with Gasteiger partial charge >= 0.3 is 0 Å². The van der Waals surface area contributed by atoms with E-state index in [1.165, 1.54) is 25.7 Å². The molecule has 2 aliphatic rings. The highest BCUT2D eigenvalue weighted by molar-refractivity contribution is 5.85. The van der Waals surface area contributed by atoms with Crippen molar-refractivity contribution in [2.45, 2.75) is 38.0 Å². The Hall–Kier alpha value is -0.570. The van der Waals surface area contributed by atoms with E-state index in [9.17, 15) is 0 Å². The van der Waals surface area contributed by atoms with Crippen molar-refractivity contribution in [3.8, 4) is 0 Å². The highest BCUT2D eigenvalue weighted by atomic mass is 35.5. The van der Waals surface area contributed by atoms with Crippen molar-refractivity contribution >= 4 is 12.4 Å². The zero-order chi connectivity index (χ0) is 8.18. The molecular formula is C9H13ClN2O. The van der Waals surface area contributed by atoms with Gasteiger partial charge in [-0.25, -0.2) is 0 Å². The van der Waals surface area contributed by atoms with Crippen LogP contribution in [-0.2, 0) is 5.41 Å². The number of nitrogens with zero attached hydrogens (tertiary/aromatic N) is 2. The fraction of sp³-hybridized carbons (Fsp3) is 0.778. The Kier molecular flexibility index (Phi) is 1.88. The van der Waals surface area contributed by atoms with Crippen molar-refractivity contribution in [3.05, 3.63) is 11.7 Å². The molecule has 3 nitrogen and oxygen atoms in total. The summed E-state index contributed by atoms with van der Waals surface area (Å²) in [4.78, 5) is 4.33. The minimum Gasteiger partial charge on any atom is -0.339 e. The number of hydrogen-bond acceptors (Lipinski definition) is 3. The smallest absolute Gasteiger partial charge is 0.233 e. The Bertz CT molecular complexity index is 325. The predicted molar refractivity (Wildman–Crippen MR) is 49.9 cm³/mol. The van der Waals surface area contributed by atoms with Crippen LogP contribution < -0.4 is 0 Å². The van der Waals surface area contributed by atoms with E-state index >= 15 is 0 Å². The van der Waals surface area contributed by atoms with Gasteiger partial charge in [-0.15, -0.1) is 12.4 Å². The fourth-order valence-corrected chi connectivity index (χ4v) is 2.60. The Morgan fingerprint density at radius 1 is 1.54 bits per heavy atom. The van der Waals surface area contributed by atoms with Crippen molar-refractivity contribution in [1.29, 1.82) is 0 Å². The Labute approximate surface area is 83.3 Å². The minimum atomic E-state index is 0. The van der Waals surface area contributed by atoms with Crippen LogP contribution in [0.2, 0.25) is 0 Å². The first kappa shape index (κ1) is 9.00. The second kappa shape index (κ2) is 2.71. The molecule has 0 spiro atoms. The van der Waals surface area contributed by atoms with E-state index in [0.717, 1.165) is 17.6 Å². The summed E-state index contributed by atoms with van der Waals surface area (Å²) in [7, 11) is 0. The van der Waals surface area contributed by atoms with Gasteiger partial charge in [0.15, 0.2) is 5.82 Å². The molecule has 2 aliphatic carbocycles. The molecule has 13 heavy (non-hydrogen) atoms. The summed E-state index contributed by atoms with van der Waals surface area (Å²) in [6.07, 6.45) is 5.25. The average Bonchev–Trinajstić information content (AvgIpc) is 2.50. The number of rotatable bonds is 1. The molecule has 0 amide bonds. The second-order valence-electron chi connectivity index (χ2n) is 4.10. The molecule has 0 aliphatic heterocycles.